The van der Waals surface area contributed by atoms with Gasteiger partial charge in [0, 0.05) is 32.0 Å². The second kappa shape index (κ2) is 8.29. The maximum Gasteiger partial charge on any atom is 0.138 e. The molecule has 1 N–H and O–H groups in total. The fourth-order valence-corrected chi connectivity index (χ4v) is 4.07. The van der Waals surface area contributed by atoms with Crippen molar-refractivity contribution >= 4 is 11.5 Å². The van der Waals surface area contributed by atoms with Crippen LogP contribution in [0.1, 0.15) is 35.8 Å². The highest BCUT2D eigenvalue weighted by molar-refractivity contribution is 5.51. The Bertz CT molecular complexity index is 932. The van der Waals surface area contributed by atoms with Gasteiger partial charge in [-0.15, -0.1) is 0 Å². The van der Waals surface area contributed by atoms with Gasteiger partial charge in [0.2, 0.25) is 0 Å². The second-order valence-corrected chi connectivity index (χ2v) is 7.97. The molecule has 0 bridgehead atoms. The first-order valence-electron chi connectivity index (χ1n) is 10.1. The number of fused-ring (bicyclic) bond motifs is 2. The highest BCUT2D eigenvalue weighted by atomic mass is 15.2. The lowest BCUT2D eigenvalue weighted by Crippen LogP contribution is -2.28. The first-order valence-corrected chi connectivity index (χ1v) is 10.1. The number of aromatic nitrogens is 3. The topological polar surface area (TPSA) is 48.7 Å². The van der Waals surface area contributed by atoms with Crippen LogP contribution in [0.3, 0.4) is 0 Å². The van der Waals surface area contributed by atoms with Crippen LogP contribution in [-0.4, -0.2) is 58.4 Å². The zero-order chi connectivity index (χ0) is 19.5. The summed E-state index contributed by atoms with van der Waals surface area (Å²) in [5.74, 6) is 1.09. The Hall–Kier alpha value is -2.44. The lowest BCUT2D eigenvalue weighted by Gasteiger charge is -2.31. The summed E-state index contributed by atoms with van der Waals surface area (Å²) in [6.45, 7) is 2.72. The quantitative estimate of drug-likeness (QED) is 0.684. The fourth-order valence-electron chi connectivity index (χ4n) is 4.07. The van der Waals surface area contributed by atoms with Crippen LogP contribution in [0.4, 0.5) is 5.82 Å². The van der Waals surface area contributed by atoms with Crippen LogP contribution in [0.5, 0.6) is 0 Å². The Morgan fingerprint density at radius 3 is 2.93 bits per heavy atom. The average Bonchev–Trinajstić information content (AvgIpc) is 3.10. The summed E-state index contributed by atoms with van der Waals surface area (Å²) in [6, 6.07) is 10.9. The molecule has 148 valence electrons. The minimum Gasteiger partial charge on any atom is -0.370 e. The number of imidazole rings is 1. The molecule has 0 fully saturated rings. The summed E-state index contributed by atoms with van der Waals surface area (Å²) >= 11 is 0. The lowest BCUT2D eigenvalue weighted by atomic mass is 9.91. The molecule has 6 nitrogen and oxygen atoms in total. The Morgan fingerprint density at radius 2 is 2.07 bits per heavy atom. The zero-order valence-corrected chi connectivity index (χ0v) is 17.1. The minimum atomic E-state index is 0.368. The van der Waals surface area contributed by atoms with Crippen molar-refractivity contribution in [1.82, 2.24) is 24.2 Å². The van der Waals surface area contributed by atoms with Gasteiger partial charge in [-0.3, -0.25) is 14.3 Å². The van der Waals surface area contributed by atoms with Crippen molar-refractivity contribution in [3.05, 3.63) is 59.7 Å². The maximum atomic E-state index is 4.86. The van der Waals surface area contributed by atoms with Crippen LogP contribution in [-0.2, 0) is 13.0 Å². The molecule has 1 aliphatic carbocycles. The van der Waals surface area contributed by atoms with Crippen molar-refractivity contribution in [2.45, 2.75) is 31.8 Å². The molecule has 4 rings (SSSR count). The second-order valence-electron chi connectivity index (χ2n) is 7.97. The molecule has 3 aromatic heterocycles. The summed E-state index contributed by atoms with van der Waals surface area (Å²) < 4.78 is 2.16. The van der Waals surface area contributed by atoms with E-state index in [0.717, 1.165) is 49.6 Å². The van der Waals surface area contributed by atoms with E-state index < -0.39 is 0 Å². The van der Waals surface area contributed by atoms with Gasteiger partial charge in [0.25, 0.3) is 0 Å². The highest BCUT2D eigenvalue weighted by Crippen LogP contribution is 2.32. The number of anilines is 1. The third-order valence-corrected chi connectivity index (χ3v) is 5.52. The molecule has 6 heteroatoms. The van der Waals surface area contributed by atoms with Crippen molar-refractivity contribution < 1.29 is 0 Å². The number of hydrogen-bond donors (Lipinski definition) is 1. The van der Waals surface area contributed by atoms with E-state index in [1.54, 1.807) is 0 Å². The molecule has 3 aromatic rings. The summed E-state index contributed by atoms with van der Waals surface area (Å²) in [5, 5.41) is 3.52. The molecule has 0 saturated carbocycles. The van der Waals surface area contributed by atoms with Crippen molar-refractivity contribution in [1.29, 1.82) is 0 Å². The molecular formula is C22H30N6. The van der Waals surface area contributed by atoms with Crippen LogP contribution in [0.15, 0.2) is 42.7 Å². The van der Waals surface area contributed by atoms with Crippen LogP contribution >= 0.6 is 0 Å². The summed E-state index contributed by atoms with van der Waals surface area (Å²) in [4.78, 5) is 14.1. The summed E-state index contributed by atoms with van der Waals surface area (Å²) in [6.07, 6.45) is 7.60. The molecule has 0 aromatic carbocycles. The molecule has 0 amide bonds. The van der Waals surface area contributed by atoms with Crippen molar-refractivity contribution in [3.63, 3.8) is 0 Å². The van der Waals surface area contributed by atoms with Gasteiger partial charge in [-0.05, 0) is 64.2 Å². The molecule has 0 radical (unpaired) electrons. The third-order valence-electron chi connectivity index (χ3n) is 5.52. The molecule has 0 spiro atoms. The van der Waals surface area contributed by atoms with Gasteiger partial charge < -0.3 is 10.2 Å². The Labute approximate surface area is 167 Å². The van der Waals surface area contributed by atoms with E-state index in [9.17, 15) is 0 Å². The number of nitrogens with one attached hydrogen (secondary N) is 1. The Morgan fingerprint density at radius 1 is 1.18 bits per heavy atom. The molecule has 0 unspecified atom stereocenters. The van der Waals surface area contributed by atoms with E-state index in [1.165, 1.54) is 17.7 Å². The normalized spacial score (nSPS) is 16.7. The van der Waals surface area contributed by atoms with Crippen molar-refractivity contribution in [2.75, 3.05) is 39.5 Å². The molecule has 28 heavy (non-hydrogen) atoms. The number of nitrogens with zero attached hydrogens (tertiary/aromatic N) is 5. The van der Waals surface area contributed by atoms with Crippen LogP contribution in [0, 0.1) is 0 Å². The number of pyridine rings is 2. The van der Waals surface area contributed by atoms with Crippen LogP contribution in [0.2, 0.25) is 0 Å². The van der Waals surface area contributed by atoms with E-state index in [0.29, 0.717) is 6.04 Å². The van der Waals surface area contributed by atoms with Gasteiger partial charge in [0.1, 0.15) is 11.5 Å². The largest absolute Gasteiger partial charge is 0.370 e. The number of hydrogen-bond acceptors (Lipinski definition) is 5. The van der Waals surface area contributed by atoms with Gasteiger partial charge in [-0.25, -0.2) is 4.98 Å². The van der Waals surface area contributed by atoms with E-state index >= 15 is 0 Å². The first-order chi connectivity index (χ1) is 13.6. The van der Waals surface area contributed by atoms with Crippen molar-refractivity contribution in [2.24, 2.45) is 0 Å². The molecule has 1 atom stereocenters. The average molecular weight is 379 g/mol. The van der Waals surface area contributed by atoms with Gasteiger partial charge in [-0.2, -0.15) is 0 Å². The van der Waals surface area contributed by atoms with Gasteiger partial charge in [0.05, 0.1) is 17.4 Å². The summed E-state index contributed by atoms with van der Waals surface area (Å²) in [7, 11) is 6.37. The van der Waals surface area contributed by atoms with Gasteiger partial charge in [0.15, 0.2) is 0 Å². The molecule has 3 heterocycles. The van der Waals surface area contributed by atoms with E-state index in [-0.39, 0.29) is 0 Å². The van der Waals surface area contributed by atoms with Gasteiger partial charge >= 0.3 is 0 Å². The standard InChI is InChI=1S/C22H30N6/c1-26(2)14-13-23-20-10-5-11-21-25-18(16-28(20)21)15-27(3)19-9-4-7-17-8-6-12-24-22(17)19/h5-6,8,10-12,16,19,23H,4,7,9,13-15H2,1-3H3/t19-/m0/s1. The van der Waals surface area contributed by atoms with E-state index in [2.05, 4.69) is 76.1 Å². The van der Waals surface area contributed by atoms with E-state index in [4.69, 9.17) is 4.98 Å². The third kappa shape index (κ3) is 4.03. The maximum absolute atomic E-state index is 4.86. The molecular weight excluding hydrogens is 348 g/mol. The lowest BCUT2D eigenvalue weighted by molar-refractivity contribution is 0.206. The molecule has 1 aliphatic rings. The van der Waals surface area contributed by atoms with E-state index in [1.807, 2.05) is 12.3 Å². The van der Waals surface area contributed by atoms with Crippen LogP contribution < -0.4 is 5.32 Å². The monoisotopic (exact) mass is 378 g/mol. The minimum absolute atomic E-state index is 0.368. The summed E-state index contributed by atoms with van der Waals surface area (Å²) in [5.41, 5.74) is 4.71. The van der Waals surface area contributed by atoms with Crippen LogP contribution in [0.25, 0.3) is 5.65 Å². The fraction of sp³-hybridized carbons (Fsp3) is 0.455. The van der Waals surface area contributed by atoms with Crippen molar-refractivity contribution in [3.8, 4) is 0 Å². The van der Waals surface area contributed by atoms with Gasteiger partial charge in [-0.1, -0.05) is 12.1 Å². The zero-order valence-electron chi connectivity index (χ0n) is 17.1. The number of aryl methyl sites for hydroxylation is 1. The smallest absolute Gasteiger partial charge is 0.138 e. The number of likely N-dealkylation sites (N-methyl/N-ethyl adjacent to an activating group) is 1. The Balaban J connectivity index is 1.51. The number of rotatable bonds is 7. The predicted molar refractivity (Wildman–Crippen MR) is 114 cm³/mol. The Kier molecular flexibility index (Phi) is 5.59. The highest BCUT2D eigenvalue weighted by Gasteiger charge is 2.25. The SMILES string of the molecule is CN(C)CCNc1cccc2nc(CN(C)[C@H]3CCCc4cccnc43)cn12. The molecule has 0 saturated heterocycles. The predicted octanol–water partition coefficient (Wildman–Crippen LogP) is 3.21. The first kappa shape index (κ1) is 18.9. The molecule has 0 aliphatic heterocycles.